The molecule has 3 heteroatoms. The second-order valence-corrected chi connectivity index (χ2v) is 4.75. The van der Waals surface area contributed by atoms with Crippen molar-refractivity contribution in [1.29, 1.82) is 0 Å². The topological polar surface area (TPSA) is 55.1 Å². The number of carbonyl (C=O) groups is 1. The molecule has 0 heterocycles. The van der Waals surface area contributed by atoms with Gasteiger partial charge in [-0.15, -0.1) is 0 Å². The van der Waals surface area contributed by atoms with Crippen LogP contribution in [0.25, 0.3) is 0 Å². The summed E-state index contributed by atoms with van der Waals surface area (Å²) in [6.07, 6.45) is 0.493. The van der Waals surface area contributed by atoms with Gasteiger partial charge in [-0.05, 0) is 31.9 Å². The van der Waals surface area contributed by atoms with E-state index in [1.165, 1.54) is 5.56 Å². The zero-order valence-corrected chi connectivity index (χ0v) is 10.9. The Balaban J connectivity index is 2.54. The summed E-state index contributed by atoms with van der Waals surface area (Å²) in [4.78, 5) is 11.7. The third kappa shape index (κ3) is 4.57. The van der Waals surface area contributed by atoms with Gasteiger partial charge in [0.25, 0.3) is 0 Å². The summed E-state index contributed by atoms with van der Waals surface area (Å²) in [5.74, 6) is 0.302. The standard InChI is InChI=1S/C14H22N2O/c1-10-5-4-6-13(7-10)12(3)16-14(17)8-11(2)9-15/h4-7,11-12H,8-9,15H2,1-3H3,(H,16,17)/t11?,12-/m0/s1. The van der Waals surface area contributed by atoms with Crippen molar-refractivity contribution < 1.29 is 4.79 Å². The Labute approximate surface area is 103 Å². The van der Waals surface area contributed by atoms with Crippen molar-refractivity contribution in [3.63, 3.8) is 0 Å². The lowest BCUT2D eigenvalue weighted by Gasteiger charge is -2.16. The molecule has 1 amide bonds. The molecular weight excluding hydrogens is 212 g/mol. The minimum atomic E-state index is 0.0485. The van der Waals surface area contributed by atoms with Gasteiger partial charge in [0.2, 0.25) is 5.91 Å². The van der Waals surface area contributed by atoms with Crippen molar-refractivity contribution >= 4 is 5.91 Å². The van der Waals surface area contributed by atoms with Gasteiger partial charge in [0, 0.05) is 6.42 Å². The quantitative estimate of drug-likeness (QED) is 0.820. The van der Waals surface area contributed by atoms with E-state index < -0.39 is 0 Å². The number of nitrogens with two attached hydrogens (primary N) is 1. The van der Waals surface area contributed by atoms with Crippen LogP contribution in [0.1, 0.15) is 37.4 Å². The maximum atomic E-state index is 11.7. The molecule has 0 aliphatic rings. The monoisotopic (exact) mass is 234 g/mol. The van der Waals surface area contributed by atoms with Crippen molar-refractivity contribution in [1.82, 2.24) is 5.32 Å². The summed E-state index contributed by atoms with van der Waals surface area (Å²) in [6, 6.07) is 8.23. The van der Waals surface area contributed by atoms with E-state index in [1.807, 2.05) is 26.0 Å². The fourth-order valence-corrected chi connectivity index (χ4v) is 1.72. The molecule has 1 aromatic rings. The van der Waals surface area contributed by atoms with Crippen molar-refractivity contribution in [3.8, 4) is 0 Å². The molecule has 0 spiro atoms. The van der Waals surface area contributed by atoms with Crippen molar-refractivity contribution in [2.75, 3.05) is 6.54 Å². The number of aryl methyl sites for hydroxylation is 1. The molecule has 0 radical (unpaired) electrons. The highest BCUT2D eigenvalue weighted by Gasteiger charge is 2.11. The van der Waals surface area contributed by atoms with Gasteiger partial charge >= 0.3 is 0 Å². The fourth-order valence-electron chi connectivity index (χ4n) is 1.72. The van der Waals surface area contributed by atoms with Gasteiger partial charge in [-0.1, -0.05) is 36.8 Å². The first-order chi connectivity index (χ1) is 8.02. The summed E-state index contributed by atoms with van der Waals surface area (Å²) in [7, 11) is 0. The molecule has 1 rings (SSSR count). The second-order valence-electron chi connectivity index (χ2n) is 4.75. The molecule has 1 unspecified atom stereocenters. The molecule has 0 aliphatic heterocycles. The minimum absolute atomic E-state index is 0.0485. The van der Waals surface area contributed by atoms with Crippen LogP contribution in [0.15, 0.2) is 24.3 Å². The van der Waals surface area contributed by atoms with E-state index in [0.29, 0.717) is 13.0 Å². The zero-order chi connectivity index (χ0) is 12.8. The van der Waals surface area contributed by atoms with E-state index in [1.54, 1.807) is 0 Å². The Kier molecular flexibility index (Phi) is 5.16. The normalized spacial score (nSPS) is 14.1. The summed E-state index contributed by atoms with van der Waals surface area (Å²) in [6.45, 7) is 6.58. The number of amides is 1. The average Bonchev–Trinajstić information content (AvgIpc) is 2.28. The molecule has 3 N–H and O–H groups in total. The molecule has 0 fully saturated rings. The number of benzene rings is 1. The van der Waals surface area contributed by atoms with Gasteiger partial charge in [0.15, 0.2) is 0 Å². The Morgan fingerprint density at radius 3 is 2.71 bits per heavy atom. The molecule has 17 heavy (non-hydrogen) atoms. The SMILES string of the molecule is Cc1cccc([C@H](C)NC(=O)CC(C)CN)c1. The number of rotatable bonds is 5. The van der Waals surface area contributed by atoms with Crippen LogP contribution in [-0.2, 0) is 4.79 Å². The maximum absolute atomic E-state index is 11.7. The predicted octanol–water partition coefficient (Wildman–Crippen LogP) is 2.16. The lowest BCUT2D eigenvalue weighted by atomic mass is 10.0. The molecule has 0 bridgehead atoms. The first kappa shape index (κ1) is 13.7. The number of hydrogen-bond acceptors (Lipinski definition) is 2. The molecule has 0 saturated carbocycles. The van der Waals surface area contributed by atoms with Crippen LogP contribution in [0.5, 0.6) is 0 Å². The summed E-state index contributed by atoms with van der Waals surface area (Å²) in [5.41, 5.74) is 7.85. The Hall–Kier alpha value is -1.35. The summed E-state index contributed by atoms with van der Waals surface area (Å²) >= 11 is 0. The van der Waals surface area contributed by atoms with Gasteiger partial charge in [0.05, 0.1) is 6.04 Å². The number of carbonyl (C=O) groups excluding carboxylic acids is 1. The first-order valence-electron chi connectivity index (χ1n) is 6.09. The molecule has 0 saturated heterocycles. The van der Waals surface area contributed by atoms with Crippen molar-refractivity contribution in [2.24, 2.45) is 11.7 Å². The largest absolute Gasteiger partial charge is 0.350 e. The van der Waals surface area contributed by atoms with Crippen LogP contribution in [-0.4, -0.2) is 12.5 Å². The Morgan fingerprint density at radius 1 is 1.41 bits per heavy atom. The predicted molar refractivity (Wildman–Crippen MR) is 70.6 cm³/mol. The van der Waals surface area contributed by atoms with E-state index in [9.17, 15) is 4.79 Å². The van der Waals surface area contributed by atoms with Gasteiger partial charge < -0.3 is 11.1 Å². The smallest absolute Gasteiger partial charge is 0.220 e. The van der Waals surface area contributed by atoms with Crippen LogP contribution in [0.3, 0.4) is 0 Å². The van der Waals surface area contributed by atoms with E-state index in [-0.39, 0.29) is 17.9 Å². The van der Waals surface area contributed by atoms with E-state index in [4.69, 9.17) is 5.73 Å². The highest BCUT2D eigenvalue weighted by atomic mass is 16.1. The fraction of sp³-hybridized carbons (Fsp3) is 0.500. The zero-order valence-electron chi connectivity index (χ0n) is 10.9. The number of nitrogens with one attached hydrogen (secondary N) is 1. The maximum Gasteiger partial charge on any atom is 0.220 e. The van der Waals surface area contributed by atoms with Crippen LogP contribution in [0.2, 0.25) is 0 Å². The van der Waals surface area contributed by atoms with Gasteiger partial charge in [0.1, 0.15) is 0 Å². The van der Waals surface area contributed by atoms with E-state index >= 15 is 0 Å². The third-order valence-electron chi connectivity index (χ3n) is 2.86. The minimum Gasteiger partial charge on any atom is -0.350 e. The van der Waals surface area contributed by atoms with Crippen molar-refractivity contribution in [2.45, 2.75) is 33.2 Å². The first-order valence-corrected chi connectivity index (χ1v) is 6.09. The van der Waals surface area contributed by atoms with Crippen LogP contribution >= 0.6 is 0 Å². The summed E-state index contributed by atoms with van der Waals surface area (Å²) < 4.78 is 0. The second kappa shape index (κ2) is 6.40. The molecule has 94 valence electrons. The Morgan fingerprint density at radius 2 is 2.12 bits per heavy atom. The molecule has 1 aromatic carbocycles. The van der Waals surface area contributed by atoms with Gasteiger partial charge in [-0.3, -0.25) is 4.79 Å². The van der Waals surface area contributed by atoms with Crippen LogP contribution in [0.4, 0.5) is 0 Å². The van der Waals surface area contributed by atoms with E-state index in [0.717, 1.165) is 5.56 Å². The van der Waals surface area contributed by atoms with Gasteiger partial charge in [-0.25, -0.2) is 0 Å². The van der Waals surface area contributed by atoms with Gasteiger partial charge in [-0.2, -0.15) is 0 Å². The lowest BCUT2D eigenvalue weighted by Crippen LogP contribution is -2.29. The molecule has 2 atom stereocenters. The molecule has 3 nitrogen and oxygen atoms in total. The molecular formula is C14H22N2O. The molecule has 0 aliphatic carbocycles. The van der Waals surface area contributed by atoms with Crippen LogP contribution < -0.4 is 11.1 Å². The Bertz CT molecular complexity index is 376. The highest BCUT2D eigenvalue weighted by molar-refractivity contribution is 5.76. The number of hydrogen-bond donors (Lipinski definition) is 2. The molecule has 0 aromatic heterocycles. The highest BCUT2D eigenvalue weighted by Crippen LogP contribution is 2.14. The lowest BCUT2D eigenvalue weighted by molar-refractivity contribution is -0.122. The van der Waals surface area contributed by atoms with E-state index in [2.05, 4.69) is 24.4 Å². The van der Waals surface area contributed by atoms with Crippen molar-refractivity contribution in [3.05, 3.63) is 35.4 Å². The summed E-state index contributed by atoms with van der Waals surface area (Å²) in [5, 5.41) is 2.99. The third-order valence-corrected chi connectivity index (χ3v) is 2.86. The average molecular weight is 234 g/mol. The van der Waals surface area contributed by atoms with Crippen LogP contribution in [0, 0.1) is 12.8 Å².